The number of ether oxygens (including phenoxy) is 1. The predicted octanol–water partition coefficient (Wildman–Crippen LogP) is 3.02. The van der Waals surface area contributed by atoms with Gasteiger partial charge in [-0.3, -0.25) is 4.79 Å². The number of unbranched alkanes of at least 4 members (excludes halogenated alkanes) is 5. The van der Waals surface area contributed by atoms with Gasteiger partial charge in [-0.25, -0.2) is 0 Å². The van der Waals surface area contributed by atoms with Gasteiger partial charge in [0.15, 0.2) is 0 Å². The molecule has 96 valence electrons. The van der Waals surface area contributed by atoms with Crippen LogP contribution >= 0.6 is 0 Å². The molecule has 0 heterocycles. The first-order valence-electron chi connectivity index (χ1n) is 6.64. The minimum absolute atomic E-state index is 0.232. The van der Waals surface area contributed by atoms with Crippen LogP contribution in [0.2, 0.25) is 0 Å². The zero-order valence-electron chi connectivity index (χ0n) is 10.8. The summed E-state index contributed by atoms with van der Waals surface area (Å²) in [5.74, 6) is -0.232. The average Bonchev–Trinajstić information content (AvgIpc) is 2.30. The Morgan fingerprint density at radius 1 is 1.06 bits per heavy atom. The molecule has 0 amide bonds. The molecule has 0 saturated heterocycles. The zero-order chi connectivity index (χ0) is 12.2. The predicted molar refractivity (Wildman–Crippen MR) is 67.2 cm³/mol. The Balaban J connectivity index is 3.35. The van der Waals surface area contributed by atoms with Crippen LogP contribution in [0.3, 0.4) is 0 Å². The molecule has 0 aliphatic carbocycles. The van der Waals surface area contributed by atoms with Gasteiger partial charge in [-0.2, -0.15) is 0 Å². The second-order valence-electron chi connectivity index (χ2n) is 4.33. The fourth-order valence-corrected chi connectivity index (χ4v) is 1.53. The van der Waals surface area contributed by atoms with E-state index in [0.717, 1.165) is 32.1 Å². The molecule has 0 aliphatic rings. The van der Waals surface area contributed by atoms with Gasteiger partial charge in [0.2, 0.25) is 0 Å². The van der Waals surface area contributed by atoms with E-state index in [4.69, 9.17) is 10.5 Å². The highest BCUT2D eigenvalue weighted by Gasteiger charge is 2.13. The van der Waals surface area contributed by atoms with Crippen molar-refractivity contribution in [3.8, 4) is 0 Å². The average molecular weight is 229 g/mol. The Bertz CT molecular complexity index is 171. The molecule has 0 aromatic heterocycles. The lowest BCUT2D eigenvalue weighted by Gasteiger charge is -2.10. The highest BCUT2D eigenvalue weighted by Crippen LogP contribution is 2.04. The molecule has 0 spiro atoms. The van der Waals surface area contributed by atoms with Crippen LogP contribution in [-0.2, 0) is 9.53 Å². The molecule has 1 unspecified atom stereocenters. The normalized spacial score (nSPS) is 12.4. The standard InChI is InChI=1S/C13H27NO2/c1-3-5-7-8-9-11-16-13(15)12(14)10-6-4-2/h12H,3-11,14H2,1-2H3. The quantitative estimate of drug-likeness (QED) is 0.463. The first-order chi connectivity index (χ1) is 7.72. The van der Waals surface area contributed by atoms with Gasteiger partial charge in [0.1, 0.15) is 6.04 Å². The van der Waals surface area contributed by atoms with Crippen molar-refractivity contribution in [3.63, 3.8) is 0 Å². The van der Waals surface area contributed by atoms with E-state index >= 15 is 0 Å². The Labute approximate surface area is 99.7 Å². The molecule has 0 bridgehead atoms. The second-order valence-corrected chi connectivity index (χ2v) is 4.33. The highest BCUT2D eigenvalue weighted by atomic mass is 16.5. The van der Waals surface area contributed by atoms with Gasteiger partial charge in [-0.15, -0.1) is 0 Å². The lowest BCUT2D eigenvalue weighted by Crippen LogP contribution is -2.32. The summed E-state index contributed by atoms with van der Waals surface area (Å²) >= 11 is 0. The fraction of sp³-hybridized carbons (Fsp3) is 0.923. The highest BCUT2D eigenvalue weighted by molar-refractivity contribution is 5.75. The summed E-state index contributed by atoms with van der Waals surface area (Å²) in [7, 11) is 0. The summed E-state index contributed by atoms with van der Waals surface area (Å²) in [6.07, 6.45) is 8.65. The molecular weight excluding hydrogens is 202 g/mol. The molecule has 3 heteroatoms. The van der Waals surface area contributed by atoms with Gasteiger partial charge >= 0.3 is 5.97 Å². The maximum absolute atomic E-state index is 11.4. The molecule has 0 aliphatic heterocycles. The minimum atomic E-state index is -0.421. The van der Waals surface area contributed by atoms with Gasteiger partial charge < -0.3 is 10.5 Å². The second kappa shape index (κ2) is 10.9. The summed E-state index contributed by atoms with van der Waals surface area (Å²) in [6, 6.07) is -0.421. The van der Waals surface area contributed by atoms with Crippen LogP contribution in [0.4, 0.5) is 0 Å². The van der Waals surface area contributed by atoms with Gasteiger partial charge in [-0.05, 0) is 12.8 Å². The number of hydrogen-bond donors (Lipinski definition) is 1. The van der Waals surface area contributed by atoms with Gasteiger partial charge in [-0.1, -0.05) is 52.4 Å². The van der Waals surface area contributed by atoms with E-state index in [2.05, 4.69) is 13.8 Å². The Hall–Kier alpha value is -0.570. The van der Waals surface area contributed by atoms with Crippen molar-refractivity contribution < 1.29 is 9.53 Å². The summed E-state index contributed by atoms with van der Waals surface area (Å²) in [6.45, 7) is 4.81. The summed E-state index contributed by atoms with van der Waals surface area (Å²) < 4.78 is 5.12. The molecular formula is C13H27NO2. The van der Waals surface area contributed by atoms with Crippen LogP contribution in [0.5, 0.6) is 0 Å². The van der Waals surface area contributed by atoms with E-state index in [0.29, 0.717) is 6.61 Å². The Morgan fingerprint density at radius 2 is 1.69 bits per heavy atom. The van der Waals surface area contributed by atoms with E-state index in [-0.39, 0.29) is 5.97 Å². The number of rotatable bonds is 10. The number of carbonyl (C=O) groups excluding carboxylic acids is 1. The third-order valence-electron chi connectivity index (χ3n) is 2.66. The van der Waals surface area contributed by atoms with Crippen molar-refractivity contribution in [2.24, 2.45) is 5.73 Å². The molecule has 0 aromatic rings. The van der Waals surface area contributed by atoms with Gasteiger partial charge in [0.05, 0.1) is 6.61 Å². The van der Waals surface area contributed by atoms with Crippen molar-refractivity contribution >= 4 is 5.97 Å². The van der Waals surface area contributed by atoms with Crippen molar-refractivity contribution in [3.05, 3.63) is 0 Å². The van der Waals surface area contributed by atoms with Crippen molar-refractivity contribution in [1.29, 1.82) is 0 Å². The molecule has 0 radical (unpaired) electrons. The van der Waals surface area contributed by atoms with Crippen LogP contribution in [0.25, 0.3) is 0 Å². The molecule has 2 N–H and O–H groups in total. The van der Waals surface area contributed by atoms with Crippen LogP contribution in [0.15, 0.2) is 0 Å². The zero-order valence-corrected chi connectivity index (χ0v) is 10.8. The van der Waals surface area contributed by atoms with Crippen LogP contribution in [0.1, 0.15) is 65.2 Å². The molecule has 0 fully saturated rings. The number of carbonyl (C=O) groups is 1. The SMILES string of the molecule is CCCCCCCOC(=O)C(N)CCCC. The first kappa shape index (κ1) is 15.4. The molecule has 0 saturated carbocycles. The van der Waals surface area contributed by atoms with Crippen molar-refractivity contribution in [2.75, 3.05) is 6.61 Å². The largest absolute Gasteiger partial charge is 0.465 e. The van der Waals surface area contributed by atoms with Gasteiger partial charge in [0.25, 0.3) is 0 Å². The topological polar surface area (TPSA) is 52.3 Å². The molecule has 1 atom stereocenters. The van der Waals surface area contributed by atoms with E-state index in [1.807, 2.05) is 0 Å². The summed E-state index contributed by atoms with van der Waals surface area (Å²) in [4.78, 5) is 11.4. The molecule has 0 rings (SSSR count). The Kier molecular flexibility index (Phi) is 10.5. The lowest BCUT2D eigenvalue weighted by atomic mass is 10.1. The fourth-order valence-electron chi connectivity index (χ4n) is 1.53. The minimum Gasteiger partial charge on any atom is -0.465 e. The van der Waals surface area contributed by atoms with Crippen molar-refractivity contribution in [2.45, 2.75) is 71.3 Å². The number of nitrogens with two attached hydrogens (primary N) is 1. The Morgan fingerprint density at radius 3 is 2.31 bits per heavy atom. The number of hydrogen-bond acceptors (Lipinski definition) is 3. The monoisotopic (exact) mass is 229 g/mol. The van der Waals surface area contributed by atoms with Crippen LogP contribution in [0, 0.1) is 0 Å². The van der Waals surface area contributed by atoms with E-state index in [1.54, 1.807) is 0 Å². The van der Waals surface area contributed by atoms with Crippen molar-refractivity contribution in [1.82, 2.24) is 0 Å². The summed E-state index contributed by atoms with van der Waals surface area (Å²) in [5.41, 5.74) is 5.69. The maximum atomic E-state index is 11.4. The van der Waals surface area contributed by atoms with E-state index < -0.39 is 6.04 Å². The maximum Gasteiger partial charge on any atom is 0.322 e. The van der Waals surface area contributed by atoms with Crippen LogP contribution < -0.4 is 5.73 Å². The lowest BCUT2D eigenvalue weighted by molar-refractivity contribution is -0.145. The van der Waals surface area contributed by atoms with E-state index in [1.165, 1.54) is 19.3 Å². The molecule has 3 nitrogen and oxygen atoms in total. The van der Waals surface area contributed by atoms with Crippen LogP contribution in [-0.4, -0.2) is 18.6 Å². The smallest absolute Gasteiger partial charge is 0.322 e. The third-order valence-corrected chi connectivity index (χ3v) is 2.66. The third kappa shape index (κ3) is 8.72. The molecule has 16 heavy (non-hydrogen) atoms. The van der Waals surface area contributed by atoms with Gasteiger partial charge in [0, 0.05) is 0 Å². The molecule has 0 aromatic carbocycles. The van der Waals surface area contributed by atoms with E-state index in [9.17, 15) is 4.79 Å². The number of esters is 1. The summed E-state index contributed by atoms with van der Waals surface area (Å²) in [5, 5.41) is 0. The first-order valence-corrected chi connectivity index (χ1v) is 6.64.